The Morgan fingerprint density at radius 1 is 1.17 bits per heavy atom. The molecule has 1 aromatic carbocycles. The molecule has 0 bridgehead atoms. The van der Waals surface area contributed by atoms with Gasteiger partial charge in [-0.1, -0.05) is 19.8 Å². The minimum Gasteiger partial charge on any atom is -0.384 e. The summed E-state index contributed by atoms with van der Waals surface area (Å²) in [5.74, 6) is -2.07. The number of pyridine rings is 1. The fourth-order valence-electron chi connectivity index (χ4n) is 2.02. The fourth-order valence-corrected chi connectivity index (χ4v) is 2.02. The lowest BCUT2D eigenvalue weighted by molar-refractivity contribution is 0.102. The quantitative estimate of drug-likeness (QED) is 0.752. The summed E-state index contributed by atoms with van der Waals surface area (Å²) >= 11 is 0. The minimum atomic E-state index is -0.826. The SMILES string of the molecule is CCCCCNc1ccc(C(=O)Nc2ccc(F)cc2F)nc1. The Morgan fingerprint density at radius 3 is 2.65 bits per heavy atom. The second-order valence-electron chi connectivity index (χ2n) is 5.14. The third kappa shape index (κ3) is 5.02. The van der Waals surface area contributed by atoms with Crippen LogP contribution >= 0.6 is 0 Å². The number of benzene rings is 1. The average Bonchev–Trinajstić information content (AvgIpc) is 2.55. The first-order valence-corrected chi connectivity index (χ1v) is 7.56. The lowest BCUT2D eigenvalue weighted by atomic mass is 10.2. The Balaban J connectivity index is 1.94. The van der Waals surface area contributed by atoms with Crippen molar-refractivity contribution in [3.8, 4) is 0 Å². The maximum Gasteiger partial charge on any atom is 0.274 e. The van der Waals surface area contributed by atoms with Crippen molar-refractivity contribution in [2.45, 2.75) is 26.2 Å². The summed E-state index contributed by atoms with van der Waals surface area (Å²) in [5.41, 5.74) is 0.901. The molecule has 122 valence electrons. The summed E-state index contributed by atoms with van der Waals surface area (Å²) in [4.78, 5) is 16.1. The van der Waals surface area contributed by atoms with E-state index >= 15 is 0 Å². The third-order valence-electron chi connectivity index (χ3n) is 3.28. The highest BCUT2D eigenvalue weighted by Crippen LogP contribution is 2.16. The summed E-state index contributed by atoms with van der Waals surface area (Å²) in [6.07, 6.45) is 4.94. The average molecular weight is 319 g/mol. The van der Waals surface area contributed by atoms with E-state index in [1.165, 1.54) is 6.07 Å². The molecule has 23 heavy (non-hydrogen) atoms. The van der Waals surface area contributed by atoms with E-state index < -0.39 is 17.5 Å². The lowest BCUT2D eigenvalue weighted by Crippen LogP contribution is -2.15. The van der Waals surface area contributed by atoms with Crippen LogP contribution in [-0.4, -0.2) is 17.4 Å². The summed E-state index contributed by atoms with van der Waals surface area (Å²) in [7, 11) is 0. The van der Waals surface area contributed by atoms with Gasteiger partial charge in [-0.05, 0) is 30.7 Å². The number of halogens is 2. The topological polar surface area (TPSA) is 54.0 Å². The molecule has 0 fully saturated rings. The first-order valence-electron chi connectivity index (χ1n) is 7.56. The molecule has 0 aliphatic carbocycles. The van der Waals surface area contributed by atoms with E-state index in [2.05, 4.69) is 22.5 Å². The third-order valence-corrected chi connectivity index (χ3v) is 3.28. The van der Waals surface area contributed by atoms with Gasteiger partial charge in [-0.2, -0.15) is 0 Å². The number of hydrogen-bond donors (Lipinski definition) is 2. The highest BCUT2D eigenvalue weighted by atomic mass is 19.1. The van der Waals surface area contributed by atoms with Gasteiger partial charge < -0.3 is 10.6 Å². The van der Waals surface area contributed by atoms with Crippen LogP contribution in [0.5, 0.6) is 0 Å². The van der Waals surface area contributed by atoms with Crippen molar-refractivity contribution in [3.63, 3.8) is 0 Å². The highest BCUT2D eigenvalue weighted by molar-refractivity contribution is 6.03. The number of aromatic nitrogens is 1. The maximum atomic E-state index is 13.5. The van der Waals surface area contributed by atoms with Gasteiger partial charge in [0.2, 0.25) is 0 Å². The summed E-state index contributed by atoms with van der Waals surface area (Å²) in [5, 5.41) is 5.58. The van der Waals surface area contributed by atoms with Crippen LogP contribution in [0.1, 0.15) is 36.7 Å². The summed E-state index contributed by atoms with van der Waals surface area (Å²) in [6, 6.07) is 6.27. The van der Waals surface area contributed by atoms with Gasteiger partial charge in [0.15, 0.2) is 0 Å². The zero-order valence-corrected chi connectivity index (χ0v) is 12.9. The zero-order valence-electron chi connectivity index (χ0n) is 12.9. The number of rotatable bonds is 7. The van der Waals surface area contributed by atoms with E-state index in [1.807, 2.05) is 0 Å². The van der Waals surface area contributed by atoms with Gasteiger partial charge in [-0.25, -0.2) is 13.8 Å². The molecule has 0 unspecified atom stereocenters. The number of anilines is 2. The molecule has 2 aromatic rings. The van der Waals surface area contributed by atoms with Crippen molar-refractivity contribution in [3.05, 3.63) is 53.9 Å². The first-order chi connectivity index (χ1) is 11.1. The molecule has 6 heteroatoms. The van der Waals surface area contributed by atoms with Crippen molar-refractivity contribution in [2.24, 2.45) is 0 Å². The number of carbonyl (C=O) groups is 1. The van der Waals surface area contributed by atoms with Crippen molar-refractivity contribution >= 4 is 17.3 Å². The summed E-state index contributed by atoms with van der Waals surface area (Å²) < 4.78 is 26.3. The van der Waals surface area contributed by atoms with Crippen LogP contribution in [0, 0.1) is 11.6 Å². The molecule has 1 amide bonds. The van der Waals surface area contributed by atoms with Gasteiger partial charge in [0.05, 0.1) is 17.6 Å². The number of nitrogens with one attached hydrogen (secondary N) is 2. The lowest BCUT2D eigenvalue weighted by Gasteiger charge is -2.08. The molecule has 1 heterocycles. The molecule has 0 saturated carbocycles. The minimum absolute atomic E-state index is 0.0834. The molecule has 0 atom stereocenters. The van der Waals surface area contributed by atoms with Gasteiger partial charge in [0.1, 0.15) is 17.3 Å². The predicted octanol–water partition coefficient (Wildman–Crippen LogP) is 4.21. The van der Waals surface area contributed by atoms with E-state index in [9.17, 15) is 13.6 Å². The Bertz CT molecular complexity index is 659. The largest absolute Gasteiger partial charge is 0.384 e. The maximum absolute atomic E-state index is 13.5. The molecule has 0 radical (unpaired) electrons. The van der Waals surface area contributed by atoms with Crippen molar-refractivity contribution in [1.82, 2.24) is 4.98 Å². The molecule has 2 N–H and O–H groups in total. The Labute approximate surface area is 133 Å². The second-order valence-corrected chi connectivity index (χ2v) is 5.14. The predicted molar refractivity (Wildman–Crippen MR) is 86.6 cm³/mol. The Hall–Kier alpha value is -2.50. The first kappa shape index (κ1) is 16.9. The van der Waals surface area contributed by atoms with E-state index in [1.54, 1.807) is 18.3 Å². The van der Waals surface area contributed by atoms with Gasteiger partial charge in [-0.3, -0.25) is 4.79 Å². The molecule has 4 nitrogen and oxygen atoms in total. The van der Waals surface area contributed by atoms with E-state index in [4.69, 9.17) is 0 Å². The smallest absolute Gasteiger partial charge is 0.274 e. The fraction of sp³-hybridized carbons (Fsp3) is 0.294. The van der Waals surface area contributed by atoms with Crippen molar-refractivity contribution < 1.29 is 13.6 Å². The van der Waals surface area contributed by atoms with E-state index in [0.29, 0.717) is 6.07 Å². The molecule has 0 aliphatic rings. The standard InChI is InChI=1S/C17H19F2N3O/c1-2-3-4-9-20-13-6-8-16(21-11-13)17(23)22-15-7-5-12(18)10-14(15)19/h5-8,10-11,20H,2-4,9H2,1H3,(H,22,23). The van der Waals surface area contributed by atoms with E-state index in [0.717, 1.165) is 37.6 Å². The normalized spacial score (nSPS) is 10.4. The number of hydrogen-bond acceptors (Lipinski definition) is 3. The van der Waals surface area contributed by atoms with Crippen LogP contribution < -0.4 is 10.6 Å². The molecular formula is C17H19F2N3O. The van der Waals surface area contributed by atoms with Gasteiger partial charge in [0.25, 0.3) is 5.91 Å². The molecular weight excluding hydrogens is 300 g/mol. The monoisotopic (exact) mass is 319 g/mol. The van der Waals surface area contributed by atoms with Crippen LogP contribution in [0.2, 0.25) is 0 Å². The second kappa shape index (κ2) is 8.22. The van der Waals surface area contributed by atoms with Crippen LogP contribution in [0.4, 0.5) is 20.2 Å². The number of carbonyl (C=O) groups excluding carboxylic acids is 1. The van der Waals surface area contributed by atoms with Gasteiger partial charge in [-0.15, -0.1) is 0 Å². The molecule has 0 aliphatic heterocycles. The van der Waals surface area contributed by atoms with Crippen LogP contribution in [0.15, 0.2) is 36.5 Å². The molecule has 1 aromatic heterocycles. The number of amides is 1. The molecule has 0 saturated heterocycles. The zero-order chi connectivity index (χ0) is 16.7. The van der Waals surface area contributed by atoms with E-state index in [-0.39, 0.29) is 11.4 Å². The van der Waals surface area contributed by atoms with Crippen molar-refractivity contribution in [2.75, 3.05) is 17.2 Å². The van der Waals surface area contributed by atoms with Crippen LogP contribution in [-0.2, 0) is 0 Å². The van der Waals surface area contributed by atoms with Gasteiger partial charge in [0, 0.05) is 12.6 Å². The van der Waals surface area contributed by atoms with Crippen LogP contribution in [0.25, 0.3) is 0 Å². The van der Waals surface area contributed by atoms with Crippen LogP contribution in [0.3, 0.4) is 0 Å². The van der Waals surface area contributed by atoms with Crippen molar-refractivity contribution in [1.29, 1.82) is 0 Å². The Morgan fingerprint density at radius 2 is 2.00 bits per heavy atom. The number of unbranched alkanes of at least 4 members (excludes halogenated alkanes) is 2. The Kier molecular flexibility index (Phi) is 6.02. The molecule has 2 rings (SSSR count). The molecule has 0 spiro atoms. The summed E-state index contributed by atoms with van der Waals surface area (Å²) in [6.45, 7) is 2.99. The number of nitrogens with zero attached hydrogens (tertiary/aromatic N) is 1. The van der Waals surface area contributed by atoms with Gasteiger partial charge >= 0.3 is 0 Å². The highest BCUT2D eigenvalue weighted by Gasteiger charge is 2.11.